The molecule has 2 aliphatic rings. The fraction of sp³-hybridized carbons (Fsp3) is 0.600. The van der Waals surface area contributed by atoms with Crippen molar-refractivity contribution < 1.29 is 0 Å². The first-order valence-electron chi connectivity index (χ1n) is 31.2. The smallest absolute Gasteiger partial charge is 0.113 e. The average Bonchev–Trinajstić information content (AvgIpc) is 4.39. The Morgan fingerprint density at radius 2 is 0.773 bits per heavy atom. The number of thiophene rings is 2. The molecule has 3 aromatic heterocycles. The van der Waals surface area contributed by atoms with Crippen LogP contribution in [0.25, 0.3) is 63.9 Å². The van der Waals surface area contributed by atoms with Crippen molar-refractivity contribution in [1.29, 1.82) is 0 Å². The van der Waals surface area contributed by atoms with Crippen molar-refractivity contribution in [1.82, 2.24) is 8.75 Å². The number of hydrogen-bond donors (Lipinski definition) is 0. The second kappa shape index (κ2) is 26.5. The molecule has 0 saturated heterocycles. The van der Waals surface area contributed by atoms with Crippen molar-refractivity contribution in [2.45, 2.75) is 271 Å². The highest BCUT2D eigenvalue weighted by Gasteiger charge is 2.45. The number of unbranched alkanes of at least 4 members (excludes halogenated alkanes) is 26. The molecule has 2 unspecified atom stereocenters. The Morgan fingerprint density at radius 3 is 1.21 bits per heavy atom. The van der Waals surface area contributed by atoms with E-state index in [1.807, 2.05) is 22.7 Å². The second-order valence-corrected chi connectivity index (χ2v) is 27.6. The quantitative estimate of drug-likeness (QED) is 0.0383. The maximum atomic E-state index is 4.90. The molecule has 9 rings (SSSR count). The lowest BCUT2D eigenvalue weighted by Crippen LogP contribution is -2.22. The van der Waals surface area contributed by atoms with Crippen LogP contribution < -0.4 is 0 Å². The van der Waals surface area contributed by atoms with E-state index in [1.54, 1.807) is 22.3 Å². The predicted molar refractivity (Wildman–Crippen MR) is 335 cm³/mol. The summed E-state index contributed by atoms with van der Waals surface area (Å²) in [6.45, 7) is 19.2. The Morgan fingerprint density at radius 1 is 0.387 bits per heavy atom. The van der Waals surface area contributed by atoms with Gasteiger partial charge in [-0.2, -0.15) is 8.75 Å². The minimum Gasteiger partial charge on any atom is -0.173 e. The Labute approximate surface area is 468 Å². The van der Waals surface area contributed by atoms with E-state index >= 15 is 0 Å². The first-order chi connectivity index (χ1) is 36.6. The van der Waals surface area contributed by atoms with Crippen LogP contribution >= 0.6 is 34.4 Å². The van der Waals surface area contributed by atoms with Gasteiger partial charge < -0.3 is 0 Å². The standard InChI is InChI=1S/C70H96N2S3/c1-9-11-13-15-17-19-21-23-25-27-29-31-33-35-39-69(7)59-41-51-43-63(50(5)6)73-64(51)47-57(59)55-45-62-56(46-61(55)69)58-48-65-52(44-66(74-65)54-38-37-53(49(3)4)67-68(54)72-75-71-67)42-60(58)70(62,8)40-36-34-32-30-28-26-24-22-20-18-16-14-12-10-2/h37-38,41-50H,9-36,39-40H2,1-8H3. The highest BCUT2D eigenvalue weighted by molar-refractivity contribution is 7.22. The molecule has 2 aliphatic carbocycles. The molecule has 2 nitrogen and oxygen atoms in total. The molecule has 7 aromatic rings. The molecule has 0 aliphatic heterocycles. The molecule has 75 heavy (non-hydrogen) atoms. The monoisotopic (exact) mass is 1060 g/mol. The van der Waals surface area contributed by atoms with Crippen LogP contribution in [0.15, 0.2) is 60.7 Å². The lowest BCUT2D eigenvalue weighted by molar-refractivity contribution is 0.473. The molecule has 4 aromatic carbocycles. The normalized spacial score (nSPS) is 16.9. The molecular formula is C70H96N2S3. The maximum absolute atomic E-state index is 4.90. The number of benzene rings is 4. The lowest BCUT2D eigenvalue weighted by Gasteiger charge is -2.30. The van der Waals surface area contributed by atoms with E-state index in [1.165, 1.54) is 268 Å². The topological polar surface area (TPSA) is 25.8 Å². The fourth-order valence-electron chi connectivity index (χ4n) is 13.7. The number of nitrogens with zero attached hydrogens (tertiary/aromatic N) is 2. The van der Waals surface area contributed by atoms with Crippen molar-refractivity contribution in [2.75, 3.05) is 0 Å². The zero-order valence-corrected chi connectivity index (χ0v) is 50.7. The van der Waals surface area contributed by atoms with Gasteiger partial charge in [-0.1, -0.05) is 247 Å². The van der Waals surface area contributed by atoms with Gasteiger partial charge in [-0.05, 0) is 134 Å². The summed E-state index contributed by atoms with van der Waals surface area (Å²) in [5, 5.41) is 2.82. The van der Waals surface area contributed by atoms with Crippen molar-refractivity contribution in [3.63, 3.8) is 0 Å². The van der Waals surface area contributed by atoms with Gasteiger partial charge in [0.05, 0.1) is 11.7 Å². The third kappa shape index (κ3) is 12.7. The molecule has 0 N–H and O–H groups in total. The summed E-state index contributed by atoms with van der Waals surface area (Å²) in [6, 6.07) is 25.6. The van der Waals surface area contributed by atoms with Crippen LogP contribution in [0.5, 0.6) is 0 Å². The molecule has 0 radical (unpaired) electrons. The third-order valence-electron chi connectivity index (χ3n) is 18.4. The van der Waals surface area contributed by atoms with Gasteiger partial charge in [-0.25, -0.2) is 0 Å². The van der Waals surface area contributed by atoms with E-state index in [0.717, 1.165) is 11.0 Å². The van der Waals surface area contributed by atoms with Gasteiger partial charge in [-0.3, -0.25) is 0 Å². The van der Waals surface area contributed by atoms with Gasteiger partial charge in [0.15, 0.2) is 0 Å². The van der Waals surface area contributed by atoms with Gasteiger partial charge >= 0.3 is 0 Å². The molecule has 5 heteroatoms. The van der Waals surface area contributed by atoms with Crippen molar-refractivity contribution >= 4 is 65.6 Å². The van der Waals surface area contributed by atoms with Gasteiger partial charge in [0.2, 0.25) is 0 Å². The van der Waals surface area contributed by atoms with Crippen molar-refractivity contribution in [3.8, 4) is 32.7 Å². The van der Waals surface area contributed by atoms with Crippen molar-refractivity contribution in [2.24, 2.45) is 0 Å². The Bertz CT molecular complexity index is 2940. The second-order valence-electron chi connectivity index (χ2n) is 24.9. The van der Waals surface area contributed by atoms with Gasteiger partial charge in [-0.15, -0.1) is 22.7 Å². The minimum atomic E-state index is -0.0518. The first-order valence-corrected chi connectivity index (χ1v) is 33.5. The molecule has 2 atom stereocenters. The molecule has 0 saturated carbocycles. The van der Waals surface area contributed by atoms with E-state index in [9.17, 15) is 0 Å². The number of hydrogen-bond acceptors (Lipinski definition) is 5. The summed E-state index contributed by atoms with van der Waals surface area (Å²) in [5.41, 5.74) is 16.9. The summed E-state index contributed by atoms with van der Waals surface area (Å²) < 4.78 is 12.6. The van der Waals surface area contributed by atoms with Gasteiger partial charge in [0.1, 0.15) is 11.0 Å². The van der Waals surface area contributed by atoms with E-state index in [4.69, 9.17) is 8.75 Å². The van der Waals surface area contributed by atoms with Crippen LogP contribution in [0.2, 0.25) is 0 Å². The number of aromatic nitrogens is 2. The zero-order chi connectivity index (χ0) is 52.4. The van der Waals surface area contributed by atoms with Crippen LogP contribution in [-0.2, 0) is 10.8 Å². The van der Waals surface area contributed by atoms with Gasteiger partial charge in [0, 0.05) is 35.5 Å². The van der Waals surface area contributed by atoms with E-state index in [0.29, 0.717) is 11.8 Å². The van der Waals surface area contributed by atoms with Crippen LogP contribution in [0.3, 0.4) is 0 Å². The minimum absolute atomic E-state index is 0.0198. The molecular weight excluding hydrogens is 965 g/mol. The number of fused-ring (bicyclic) bond motifs is 9. The largest absolute Gasteiger partial charge is 0.173 e. The van der Waals surface area contributed by atoms with E-state index < -0.39 is 0 Å². The Kier molecular flexibility index (Phi) is 19.9. The van der Waals surface area contributed by atoms with Gasteiger partial charge in [0.25, 0.3) is 0 Å². The molecule has 0 spiro atoms. The molecule has 0 amide bonds. The summed E-state index contributed by atoms with van der Waals surface area (Å²) in [7, 11) is 0. The van der Waals surface area contributed by atoms with E-state index in [-0.39, 0.29) is 10.8 Å². The third-order valence-corrected chi connectivity index (χ3v) is 21.5. The summed E-state index contributed by atoms with van der Waals surface area (Å²) in [4.78, 5) is 2.82. The molecule has 0 bridgehead atoms. The highest BCUT2D eigenvalue weighted by Crippen LogP contribution is 2.60. The van der Waals surface area contributed by atoms with Crippen LogP contribution in [0.1, 0.15) is 293 Å². The Hall–Kier alpha value is -3.38. The van der Waals surface area contributed by atoms with Crippen molar-refractivity contribution in [3.05, 3.63) is 93.4 Å². The predicted octanol–water partition coefficient (Wildman–Crippen LogP) is 24.4. The highest BCUT2D eigenvalue weighted by atomic mass is 32.1. The lowest BCUT2D eigenvalue weighted by atomic mass is 9.73. The number of rotatable bonds is 33. The summed E-state index contributed by atoms with van der Waals surface area (Å²) >= 11 is 5.33. The summed E-state index contributed by atoms with van der Waals surface area (Å²) in [5.74, 6) is 0.961. The van der Waals surface area contributed by atoms with E-state index in [2.05, 4.69) is 116 Å². The fourth-order valence-corrected chi connectivity index (χ4v) is 16.4. The summed E-state index contributed by atoms with van der Waals surface area (Å²) in [6.07, 6.45) is 41.5. The molecule has 404 valence electrons. The zero-order valence-electron chi connectivity index (χ0n) is 48.3. The first kappa shape index (κ1) is 56.3. The average molecular weight is 1060 g/mol. The SMILES string of the molecule is CCCCCCCCCCCCCCCCC1(C)c2cc3c(cc2-c2cc4sc(-c5ccc(C(C)C)c6nsnc56)cc4cc21)C(C)(CCCCCCCCCCCCCCCC)c1cc2cc(C(C)C)sc2cc1-3. The van der Waals surface area contributed by atoms with Crippen LogP contribution in [0.4, 0.5) is 0 Å². The molecule has 0 fully saturated rings. The Balaban J connectivity index is 0.976. The maximum Gasteiger partial charge on any atom is 0.113 e. The van der Waals surface area contributed by atoms with Crippen LogP contribution in [-0.4, -0.2) is 8.75 Å². The molecule has 3 heterocycles. The van der Waals surface area contributed by atoms with Crippen LogP contribution in [0, 0.1) is 0 Å².